The van der Waals surface area contributed by atoms with Crippen LogP contribution in [0.1, 0.15) is 22.3 Å². The Morgan fingerprint density at radius 3 is 2.57 bits per heavy atom. The lowest BCUT2D eigenvalue weighted by molar-refractivity contribution is 0.309. The summed E-state index contributed by atoms with van der Waals surface area (Å²) in [4.78, 5) is 11.9. The van der Waals surface area contributed by atoms with Gasteiger partial charge in [0.25, 0.3) is 0 Å². The van der Waals surface area contributed by atoms with Crippen molar-refractivity contribution >= 4 is 22.6 Å². The predicted octanol–water partition coefficient (Wildman–Crippen LogP) is 4.95. The molecule has 23 heavy (non-hydrogen) atoms. The van der Waals surface area contributed by atoms with Crippen molar-refractivity contribution in [3.63, 3.8) is 0 Å². The smallest absolute Gasteiger partial charge is 0.339 e. The molecule has 0 radical (unpaired) electrons. The van der Waals surface area contributed by atoms with Crippen molar-refractivity contribution in [1.29, 1.82) is 0 Å². The largest absolute Gasteiger partial charge is 0.488 e. The SMILES string of the molecule is Cc1cc(OCc2ccccc2Cl)c2c(C)c(C)c(=O)oc2c1. The molecule has 0 aliphatic heterocycles. The molecule has 3 aromatic rings. The minimum absolute atomic E-state index is 0.308. The standard InChI is InChI=1S/C19H17ClO3/c1-11-8-16(22-10-14-6-4-5-7-15(14)20)18-12(2)13(3)19(21)23-17(18)9-11/h4-9H,10H2,1-3H3. The van der Waals surface area contributed by atoms with Crippen LogP contribution in [0.4, 0.5) is 0 Å². The minimum atomic E-state index is -0.308. The van der Waals surface area contributed by atoms with Crippen LogP contribution in [0.25, 0.3) is 11.0 Å². The van der Waals surface area contributed by atoms with Crippen LogP contribution >= 0.6 is 11.6 Å². The molecule has 0 aliphatic carbocycles. The van der Waals surface area contributed by atoms with Gasteiger partial charge in [-0.15, -0.1) is 0 Å². The van der Waals surface area contributed by atoms with E-state index in [2.05, 4.69) is 0 Å². The molecule has 0 aliphatic rings. The first kappa shape index (κ1) is 15.6. The number of hydrogen-bond acceptors (Lipinski definition) is 3. The highest BCUT2D eigenvalue weighted by Crippen LogP contribution is 2.31. The van der Waals surface area contributed by atoms with Gasteiger partial charge >= 0.3 is 5.63 Å². The summed E-state index contributed by atoms with van der Waals surface area (Å²) in [6.07, 6.45) is 0. The summed E-state index contributed by atoms with van der Waals surface area (Å²) < 4.78 is 11.4. The zero-order valence-electron chi connectivity index (χ0n) is 13.3. The molecule has 0 saturated carbocycles. The van der Waals surface area contributed by atoms with E-state index in [1.54, 1.807) is 6.92 Å². The van der Waals surface area contributed by atoms with E-state index in [0.29, 0.717) is 28.5 Å². The zero-order chi connectivity index (χ0) is 16.6. The molecular formula is C19H17ClO3. The third kappa shape index (κ3) is 2.97. The van der Waals surface area contributed by atoms with E-state index in [4.69, 9.17) is 20.8 Å². The molecule has 3 nitrogen and oxygen atoms in total. The molecule has 2 aromatic carbocycles. The molecule has 0 atom stereocenters. The fourth-order valence-electron chi connectivity index (χ4n) is 2.57. The van der Waals surface area contributed by atoms with Crippen molar-refractivity contribution in [3.05, 3.63) is 74.1 Å². The second-order valence-electron chi connectivity index (χ2n) is 5.66. The van der Waals surface area contributed by atoms with Crippen LogP contribution in [0.5, 0.6) is 5.75 Å². The summed E-state index contributed by atoms with van der Waals surface area (Å²) in [5, 5.41) is 1.50. The highest BCUT2D eigenvalue weighted by molar-refractivity contribution is 6.31. The van der Waals surface area contributed by atoms with E-state index < -0.39 is 0 Å². The second kappa shape index (κ2) is 6.09. The van der Waals surface area contributed by atoms with Gasteiger partial charge in [0, 0.05) is 16.1 Å². The Morgan fingerprint density at radius 1 is 1.09 bits per heavy atom. The number of aryl methyl sites for hydroxylation is 2. The van der Waals surface area contributed by atoms with E-state index in [1.807, 2.05) is 50.2 Å². The lowest BCUT2D eigenvalue weighted by atomic mass is 10.0. The van der Waals surface area contributed by atoms with E-state index in [9.17, 15) is 4.79 Å². The van der Waals surface area contributed by atoms with Gasteiger partial charge in [-0.3, -0.25) is 0 Å². The van der Waals surface area contributed by atoms with Gasteiger partial charge in [-0.25, -0.2) is 4.79 Å². The van der Waals surface area contributed by atoms with E-state index in [0.717, 1.165) is 22.1 Å². The fourth-order valence-corrected chi connectivity index (χ4v) is 2.76. The maximum Gasteiger partial charge on any atom is 0.339 e. The second-order valence-corrected chi connectivity index (χ2v) is 6.06. The van der Waals surface area contributed by atoms with E-state index in [1.165, 1.54) is 0 Å². The summed E-state index contributed by atoms with van der Waals surface area (Å²) in [5.74, 6) is 0.698. The molecule has 0 amide bonds. The maximum atomic E-state index is 11.9. The van der Waals surface area contributed by atoms with Crippen molar-refractivity contribution in [2.75, 3.05) is 0 Å². The lowest BCUT2D eigenvalue weighted by Gasteiger charge is -2.13. The van der Waals surface area contributed by atoms with Crippen LogP contribution in [0, 0.1) is 20.8 Å². The summed E-state index contributed by atoms with van der Waals surface area (Å²) in [7, 11) is 0. The van der Waals surface area contributed by atoms with Gasteiger partial charge in [0.2, 0.25) is 0 Å². The first-order chi connectivity index (χ1) is 11.0. The molecule has 4 heteroatoms. The number of rotatable bonds is 3. The predicted molar refractivity (Wildman–Crippen MR) is 92.5 cm³/mol. The highest BCUT2D eigenvalue weighted by Gasteiger charge is 2.14. The van der Waals surface area contributed by atoms with Gasteiger partial charge in [0.15, 0.2) is 0 Å². The topological polar surface area (TPSA) is 39.4 Å². The molecule has 118 valence electrons. The summed E-state index contributed by atoms with van der Waals surface area (Å²) in [5.41, 5.74) is 3.60. The Balaban J connectivity index is 2.08. The Morgan fingerprint density at radius 2 is 1.83 bits per heavy atom. The molecule has 1 aromatic heterocycles. The number of halogens is 1. The third-order valence-electron chi connectivity index (χ3n) is 4.00. The van der Waals surface area contributed by atoms with Crippen molar-refractivity contribution < 1.29 is 9.15 Å². The molecule has 0 spiro atoms. The van der Waals surface area contributed by atoms with Crippen molar-refractivity contribution in [2.45, 2.75) is 27.4 Å². The first-order valence-corrected chi connectivity index (χ1v) is 7.76. The van der Waals surface area contributed by atoms with Crippen LogP contribution in [-0.4, -0.2) is 0 Å². The average molecular weight is 329 g/mol. The number of ether oxygens (including phenoxy) is 1. The van der Waals surface area contributed by atoms with E-state index >= 15 is 0 Å². The van der Waals surface area contributed by atoms with Gasteiger partial charge < -0.3 is 9.15 Å². The Labute approximate surface area is 139 Å². The van der Waals surface area contributed by atoms with Gasteiger partial charge in [-0.2, -0.15) is 0 Å². The number of benzene rings is 2. The van der Waals surface area contributed by atoms with Crippen molar-refractivity contribution in [3.8, 4) is 5.75 Å². The molecule has 0 unspecified atom stereocenters. The van der Waals surface area contributed by atoms with Crippen LogP contribution < -0.4 is 10.4 Å². The first-order valence-electron chi connectivity index (χ1n) is 7.38. The molecular weight excluding hydrogens is 312 g/mol. The van der Waals surface area contributed by atoms with Gasteiger partial charge in [-0.05, 0) is 50.1 Å². The zero-order valence-corrected chi connectivity index (χ0v) is 14.0. The summed E-state index contributed by atoms with van der Waals surface area (Å²) in [6.45, 7) is 5.97. The maximum absolute atomic E-state index is 11.9. The Kier molecular flexibility index (Phi) is 4.14. The van der Waals surface area contributed by atoms with E-state index in [-0.39, 0.29) is 5.63 Å². The van der Waals surface area contributed by atoms with Gasteiger partial charge in [-0.1, -0.05) is 29.8 Å². The molecule has 0 fully saturated rings. The van der Waals surface area contributed by atoms with Crippen LogP contribution in [0.2, 0.25) is 5.02 Å². The average Bonchev–Trinajstić information content (AvgIpc) is 2.51. The van der Waals surface area contributed by atoms with Crippen LogP contribution in [-0.2, 0) is 6.61 Å². The summed E-state index contributed by atoms with van der Waals surface area (Å²) >= 11 is 6.18. The summed E-state index contributed by atoms with van der Waals surface area (Å²) in [6, 6.07) is 11.4. The van der Waals surface area contributed by atoms with Crippen molar-refractivity contribution in [1.82, 2.24) is 0 Å². The number of hydrogen-bond donors (Lipinski definition) is 0. The molecule has 0 saturated heterocycles. The molecule has 1 heterocycles. The Hall–Kier alpha value is -2.26. The third-order valence-corrected chi connectivity index (χ3v) is 4.37. The van der Waals surface area contributed by atoms with Crippen molar-refractivity contribution in [2.24, 2.45) is 0 Å². The molecule has 0 N–H and O–H groups in total. The van der Waals surface area contributed by atoms with Crippen LogP contribution in [0.3, 0.4) is 0 Å². The minimum Gasteiger partial charge on any atom is -0.488 e. The highest BCUT2D eigenvalue weighted by atomic mass is 35.5. The molecule has 3 rings (SSSR count). The van der Waals surface area contributed by atoms with Gasteiger partial charge in [0.1, 0.15) is 17.9 Å². The normalized spacial score (nSPS) is 11.0. The number of fused-ring (bicyclic) bond motifs is 1. The van der Waals surface area contributed by atoms with Crippen LogP contribution in [0.15, 0.2) is 45.6 Å². The Bertz CT molecular complexity index is 941. The quantitative estimate of drug-likeness (QED) is 0.638. The van der Waals surface area contributed by atoms with Gasteiger partial charge in [0.05, 0.1) is 5.39 Å². The molecule has 0 bridgehead atoms. The monoisotopic (exact) mass is 328 g/mol. The lowest BCUT2D eigenvalue weighted by Crippen LogP contribution is -2.07. The fraction of sp³-hybridized carbons (Fsp3) is 0.211.